The molecule has 0 bridgehead atoms. The van der Waals surface area contributed by atoms with E-state index in [1.165, 1.54) is 0 Å². The van der Waals surface area contributed by atoms with E-state index in [4.69, 9.17) is 4.74 Å². The third-order valence-electron chi connectivity index (χ3n) is 1.77. The van der Waals surface area contributed by atoms with Crippen molar-refractivity contribution in [2.45, 2.75) is 0 Å². The van der Waals surface area contributed by atoms with Crippen LogP contribution in [0.1, 0.15) is 0 Å². The largest absolute Gasteiger partial charge is 0.497 e. The second-order valence-electron chi connectivity index (χ2n) is 2.59. The van der Waals surface area contributed by atoms with E-state index in [0.717, 1.165) is 11.4 Å². The van der Waals surface area contributed by atoms with Crippen LogP contribution < -0.4 is 4.74 Å². The maximum absolute atomic E-state index is 5.10. The number of hydrogen-bond donors (Lipinski definition) is 0. The molecule has 3 nitrogen and oxygen atoms in total. The maximum atomic E-state index is 5.10. The molecule has 0 N–H and O–H groups in total. The molecule has 2 aromatic rings. The zero-order valence-electron chi connectivity index (χ0n) is 7.27. The summed E-state index contributed by atoms with van der Waals surface area (Å²) >= 11 is 0. The third kappa shape index (κ3) is 1.54. The Morgan fingerprint density at radius 2 is 2.38 bits per heavy atom. The highest BCUT2D eigenvalue weighted by Gasteiger charge is 1.96. The molecule has 1 aromatic carbocycles. The Morgan fingerprint density at radius 1 is 1.46 bits per heavy atom. The van der Waals surface area contributed by atoms with Crippen molar-refractivity contribution in [3.8, 4) is 11.4 Å². The molecule has 0 unspecified atom stereocenters. The van der Waals surface area contributed by atoms with E-state index < -0.39 is 0 Å². The second-order valence-corrected chi connectivity index (χ2v) is 2.59. The van der Waals surface area contributed by atoms with Gasteiger partial charge >= 0.3 is 0 Å². The van der Waals surface area contributed by atoms with Crippen LogP contribution in [-0.2, 0) is 0 Å². The molecule has 0 aliphatic heterocycles. The fourth-order valence-electron chi connectivity index (χ4n) is 1.13. The monoisotopic (exact) mass is 173 g/mol. The van der Waals surface area contributed by atoms with Crippen LogP contribution in [0.2, 0.25) is 0 Å². The lowest BCUT2D eigenvalue weighted by atomic mass is 10.3. The molecule has 1 aromatic heterocycles. The van der Waals surface area contributed by atoms with Crippen molar-refractivity contribution in [2.75, 3.05) is 7.11 Å². The fourth-order valence-corrected chi connectivity index (χ4v) is 1.13. The molecule has 0 aliphatic rings. The quantitative estimate of drug-likeness (QED) is 0.690. The van der Waals surface area contributed by atoms with Crippen molar-refractivity contribution >= 4 is 0 Å². The topological polar surface area (TPSA) is 27.1 Å². The SMILES string of the molecule is COc1cccc(-n2c[c]cn2)c1. The summed E-state index contributed by atoms with van der Waals surface area (Å²) in [5.74, 6) is 0.827. The highest BCUT2D eigenvalue weighted by atomic mass is 16.5. The summed E-state index contributed by atoms with van der Waals surface area (Å²) in [5.41, 5.74) is 0.973. The van der Waals surface area contributed by atoms with Gasteiger partial charge in [0.05, 0.1) is 19.0 Å². The van der Waals surface area contributed by atoms with Gasteiger partial charge in [-0.2, -0.15) is 5.10 Å². The molecule has 0 fully saturated rings. The molecule has 1 radical (unpaired) electrons. The molecule has 13 heavy (non-hydrogen) atoms. The van der Waals surface area contributed by atoms with Crippen molar-refractivity contribution in [3.05, 3.63) is 42.7 Å². The minimum absolute atomic E-state index is 0.827. The first-order valence-corrected chi connectivity index (χ1v) is 3.95. The summed E-state index contributed by atoms with van der Waals surface area (Å²) in [6.45, 7) is 0. The predicted molar refractivity (Wildman–Crippen MR) is 49.0 cm³/mol. The van der Waals surface area contributed by atoms with Crippen LogP contribution in [0.4, 0.5) is 0 Å². The van der Waals surface area contributed by atoms with E-state index in [0.29, 0.717) is 0 Å². The Morgan fingerprint density at radius 3 is 3.08 bits per heavy atom. The van der Waals surface area contributed by atoms with E-state index in [2.05, 4.69) is 11.2 Å². The van der Waals surface area contributed by atoms with Crippen LogP contribution >= 0.6 is 0 Å². The normalized spacial score (nSPS) is 9.92. The van der Waals surface area contributed by atoms with Gasteiger partial charge in [0.2, 0.25) is 0 Å². The Bertz CT molecular complexity index is 382. The van der Waals surface area contributed by atoms with Crippen LogP contribution in [0, 0.1) is 6.07 Å². The maximum Gasteiger partial charge on any atom is 0.121 e. The van der Waals surface area contributed by atoms with Gasteiger partial charge in [-0.3, -0.25) is 0 Å². The van der Waals surface area contributed by atoms with Crippen molar-refractivity contribution in [2.24, 2.45) is 0 Å². The average molecular weight is 173 g/mol. The van der Waals surface area contributed by atoms with Crippen molar-refractivity contribution in [1.82, 2.24) is 9.78 Å². The van der Waals surface area contributed by atoms with E-state index in [1.54, 1.807) is 24.2 Å². The molecule has 3 heteroatoms. The van der Waals surface area contributed by atoms with Gasteiger partial charge in [-0.1, -0.05) is 6.07 Å². The number of rotatable bonds is 2. The first-order valence-electron chi connectivity index (χ1n) is 3.95. The lowest BCUT2D eigenvalue weighted by Gasteiger charge is -2.03. The summed E-state index contributed by atoms with van der Waals surface area (Å²) in [6, 6.07) is 10.6. The van der Waals surface area contributed by atoms with Crippen LogP contribution in [-0.4, -0.2) is 16.9 Å². The molecule has 0 atom stereocenters. The lowest BCUT2D eigenvalue weighted by Crippen LogP contribution is -1.94. The summed E-state index contributed by atoms with van der Waals surface area (Å²) in [7, 11) is 1.65. The predicted octanol–water partition coefficient (Wildman–Crippen LogP) is 1.68. The van der Waals surface area contributed by atoms with Crippen LogP contribution in [0.15, 0.2) is 36.7 Å². The number of ether oxygens (including phenoxy) is 1. The van der Waals surface area contributed by atoms with E-state index in [1.807, 2.05) is 24.3 Å². The lowest BCUT2D eigenvalue weighted by molar-refractivity contribution is 0.414. The van der Waals surface area contributed by atoms with Crippen LogP contribution in [0.3, 0.4) is 0 Å². The average Bonchev–Trinajstić information content (AvgIpc) is 2.71. The first kappa shape index (κ1) is 7.86. The third-order valence-corrected chi connectivity index (χ3v) is 1.77. The molecular weight excluding hydrogens is 164 g/mol. The highest BCUT2D eigenvalue weighted by Crippen LogP contribution is 2.14. The molecular formula is C10H9N2O. The number of aromatic nitrogens is 2. The molecule has 0 amide bonds. The van der Waals surface area contributed by atoms with Crippen LogP contribution in [0.25, 0.3) is 5.69 Å². The Labute approximate surface area is 76.6 Å². The van der Waals surface area contributed by atoms with Crippen molar-refractivity contribution < 1.29 is 4.74 Å². The van der Waals surface area contributed by atoms with Gasteiger partial charge in [-0.25, -0.2) is 4.68 Å². The molecule has 0 spiro atoms. The van der Waals surface area contributed by atoms with Crippen LogP contribution in [0.5, 0.6) is 5.75 Å². The minimum atomic E-state index is 0.827. The molecule has 65 valence electrons. The standard InChI is InChI=1S/C10H9N2O/c1-13-10-5-2-4-9(8-10)12-7-3-6-11-12/h2,4-8H,1H3. The fraction of sp³-hybridized carbons (Fsp3) is 0.100. The smallest absolute Gasteiger partial charge is 0.121 e. The zero-order valence-corrected chi connectivity index (χ0v) is 7.27. The molecule has 1 heterocycles. The summed E-state index contributed by atoms with van der Waals surface area (Å²) in [6.07, 6.45) is 3.40. The van der Waals surface area contributed by atoms with Gasteiger partial charge in [0.25, 0.3) is 0 Å². The number of methoxy groups -OCH3 is 1. The first-order chi connectivity index (χ1) is 6.40. The Hall–Kier alpha value is -1.77. The second kappa shape index (κ2) is 3.31. The van der Waals surface area contributed by atoms with Crippen molar-refractivity contribution in [1.29, 1.82) is 0 Å². The van der Waals surface area contributed by atoms with E-state index in [-0.39, 0.29) is 0 Å². The molecule has 2 rings (SSSR count). The van der Waals surface area contributed by atoms with E-state index >= 15 is 0 Å². The Kier molecular flexibility index (Phi) is 2.00. The van der Waals surface area contributed by atoms with Gasteiger partial charge in [-0.05, 0) is 12.1 Å². The van der Waals surface area contributed by atoms with E-state index in [9.17, 15) is 0 Å². The summed E-state index contributed by atoms with van der Waals surface area (Å²) in [4.78, 5) is 0. The summed E-state index contributed by atoms with van der Waals surface area (Å²) < 4.78 is 6.84. The van der Waals surface area contributed by atoms with Gasteiger partial charge < -0.3 is 4.74 Å². The molecule has 0 saturated heterocycles. The summed E-state index contributed by atoms with van der Waals surface area (Å²) in [5, 5.41) is 4.07. The van der Waals surface area contributed by atoms with Gasteiger partial charge in [-0.15, -0.1) is 0 Å². The van der Waals surface area contributed by atoms with Gasteiger partial charge in [0, 0.05) is 18.3 Å². The van der Waals surface area contributed by atoms with Gasteiger partial charge in [0.15, 0.2) is 0 Å². The highest BCUT2D eigenvalue weighted by molar-refractivity contribution is 5.38. The van der Waals surface area contributed by atoms with Crippen molar-refractivity contribution in [3.63, 3.8) is 0 Å². The number of hydrogen-bond acceptors (Lipinski definition) is 2. The number of benzene rings is 1. The molecule has 0 aliphatic carbocycles. The number of nitrogens with zero attached hydrogens (tertiary/aromatic N) is 2. The van der Waals surface area contributed by atoms with Gasteiger partial charge in [0.1, 0.15) is 5.75 Å². The Balaban J connectivity index is 2.41. The molecule has 0 saturated carbocycles. The zero-order chi connectivity index (χ0) is 9.10. The minimum Gasteiger partial charge on any atom is -0.497 e.